The molecule has 1 aromatic carbocycles. The molecular weight excluding hydrogens is 452 g/mol. The first-order chi connectivity index (χ1) is 16.3. The summed E-state index contributed by atoms with van der Waals surface area (Å²) < 4.78 is 23.0. The molecule has 3 rings (SSSR count). The van der Waals surface area contributed by atoms with Gasteiger partial charge in [-0.05, 0) is 51.3 Å². The minimum absolute atomic E-state index is 0.00755. The van der Waals surface area contributed by atoms with E-state index in [1.54, 1.807) is 17.5 Å². The van der Waals surface area contributed by atoms with E-state index in [9.17, 15) is 4.79 Å². The van der Waals surface area contributed by atoms with Crippen molar-refractivity contribution in [3.63, 3.8) is 0 Å². The van der Waals surface area contributed by atoms with Gasteiger partial charge in [-0.3, -0.25) is 9.69 Å². The second-order valence-electron chi connectivity index (χ2n) is 9.44. The van der Waals surface area contributed by atoms with Crippen molar-refractivity contribution in [1.29, 1.82) is 0 Å². The van der Waals surface area contributed by atoms with Gasteiger partial charge >= 0.3 is 5.97 Å². The Labute approximate surface area is 207 Å². The number of benzene rings is 1. The number of carbonyl (C=O) groups excluding carboxylic acids is 1. The Morgan fingerprint density at radius 3 is 2.71 bits per heavy atom. The maximum Gasteiger partial charge on any atom is 0.307 e. The van der Waals surface area contributed by atoms with Gasteiger partial charge < -0.3 is 18.9 Å². The van der Waals surface area contributed by atoms with Crippen molar-refractivity contribution in [2.75, 3.05) is 39.5 Å². The van der Waals surface area contributed by atoms with Crippen molar-refractivity contribution in [3.8, 4) is 10.8 Å². The normalized spacial score (nSPS) is 16.9. The van der Waals surface area contributed by atoms with Crippen LogP contribution in [0.2, 0.25) is 0 Å². The van der Waals surface area contributed by atoms with Gasteiger partial charge in [-0.2, -0.15) is 0 Å². The SMILES string of the molecule is CCCc1ncc(OCCCOc2ccc(C3CN(CCC(=O)OC(C)(C)C)CCO3)cc2)s1. The van der Waals surface area contributed by atoms with Gasteiger partial charge in [0, 0.05) is 26.1 Å². The number of carbonyl (C=O) groups is 1. The number of thiazole rings is 1. The average Bonchev–Trinajstić information content (AvgIpc) is 3.24. The number of ether oxygens (including phenoxy) is 4. The predicted octanol–water partition coefficient (Wildman–Crippen LogP) is 5.05. The third kappa shape index (κ3) is 9.24. The van der Waals surface area contributed by atoms with Crippen molar-refractivity contribution in [2.45, 2.75) is 65.1 Å². The highest BCUT2D eigenvalue weighted by atomic mass is 32.1. The number of hydrogen-bond donors (Lipinski definition) is 0. The molecule has 0 radical (unpaired) electrons. The zero-order valence-electron chi connectivity index (χ0n) is 20.9. The molecule has 0 spiro atoms. The van der Waals surface area contributed by atoms with E-state index in [-0.39, 0.29) is 12.1 Å². The first-order valence-corrected chi connectivity index (χ1v) is 13.0. The lowest BCUT2D eigenvalue weighted by atomic mass is 10.1. The van der Waals surface area contributed by atoms with Gasteiger partial charge in [0.2, 0.25) is 0 Å². The largest absolute Gasteiger partial charge is 0.493 e. The summed E-state index contributed by atoms with van der Waals surface area (Å²) in [5, 5.41) is 2.00. The van der Waals surface area contributed by atoms with Crippen LogP contribution in [0.25, 0.3) is 0 Å². The molecule has 1 aromatic heterocycles. The third-order valence-electron chi connectivity index (χ3n) is 5.25. The van der Waals surface area contributed by atoms with E-state index in [0.29, 0.717) is 32.8 Å². The van der Waals surface area contributed by atoms with Gasteiger partial charge in [-0.1, -0.05) is 30.4 Å². The number of esters is 1. The lowest BCUT2D eigenvalue weighted by Gasteiger charge is -2.33. The summed E-state index contributed by atoms with van der Waals surface area (Å²) in [6, 6.07) is 8.08. The number of aromatic nitrogens is 1. The maximum atomic E-state index is 12.0. The van der Waals surface area contributed by atoms with Gasteiger partial charge in [-0.25, -0.2) is 4.98 Å². The molecule has 1 saturated heterocycles. The topological polar surface area (TPSA) is 70.1 Å². The van der Waals surface area contributed by atoms with Crippen LogP contribution in [-0.2, 0) is 20.7 Å². The summed E-state index contributed by atoms with van der Waals surface area (Å²) in [5.41, 5.74) is 0.673. The Bertz CT molecular complexity index is 878. The predicted molar refractivity (Wildman–Crippen MR) is 134 cm³/mol. The maximum absolute atomic E-state index is 12.0. The second kappa shape index (κ2) is 13.1. The molecule has 2 heterocycles. The van der Waals surface area contributed by atoms with Crippen LogP contribution >= 0.6 is 11.3 Å². The van der Waals surface area contributed by atoms with E-state index >= 15 is 0 Å². The van der Waals surface area contributed by atoms with Crippen LogP contribution < -0.4 is 9.47 Å². The molecule has 0 bridgehead atoms. The first-order valence-electron chi connectivity index (χ1n) is 12.2. The molecule has 188 valence electrons. The Morgan fingerprint density at radius 2 is 1.97 bits per heavy atom. The van der Waals surface area contributed by atoms with Gasteiger partial charge in [0.05, 0.1) is 43.5 Å². The minimum Gasteiger partial charge on any atom is -0.493 e. The van der Waals surface area contributed by atoms with Crippen molar-refractivity contribution < 1.29 is 23.7 Å². The zero-order chi connectivity index (χ0) is 24.4. The molecule has 1 fully saturated rings. The third-order valence-corrected chi connectivity index (χ3v) is 6.22. The Kier molecular flexibility index (Phi) is 10.2. The summed E-state index contributed by atoms with van der Waals surface area (Å²) in [7, 11) is 0. The molecule has 7 nitrogen and oxygen atoms in total. The number of morpholine rings is 1. The fraction of sp³-hybridized carbons (Fsp3) is 0.615. The monoisotopic (exact) mass is 490 g/mol. The van der Waals surface area contributed by atoms with Gasteiger partial charge in [-0.15, -0.1) is 0 Å². The van der Waals surface area contributed by atoms with Crippen molar-refractivity contribution in [2.24, 2.45) is 0 Å². The van der Waals surface area contributed by atoms with Crippen LogP contribution in [0.3, 0.4) is 0 Å². The van der Waals surface area contributed by atoms with E-state index in [2.05, 4.69) is 28.9 Å². The minimum atomic E-state index is -0.443. The van der Waals surface area contributed by atoms with E-state index in [0.717, 1.165) is 53.7 Å². The standard InChI is InChI=1S/C26H38N2O5S/c1-5-7-23-27-18-25(34-23)32-16-6-15-30-21-10-8-20(9-11-21)22-19-28(14-17-31-22)13-12-24(29)33-26(2,3)4/h8-11,18,22H,5-7,12-17,19H2,1-4H3. The number of nitrogens with zero attached hydrogens (tertiary/aromatic N) is 2. The molecule has 1 aliphatic heterocycles. The Hall–Kier alpha value is -2.16. The number of rotatable bonds is 12. The molecule has 0 amide bonds. The second-order valence-corrected chi connectivity index (χ2v) is 10.5. The van der Waals surface area contributed by atoms with E-state index in [4.69, 9.17) is 18.9 Å². The van der Waals surface area contributed by atoms with Crippen LogP contribution in [0.4, 0.5) is 0 Å². The molecule has 0 aliphatic carbocycles. The van der Waals surface area contributed by atoms with E-state index in [1.807, 2.05) is 32.9 Å². The smallest absolute Gasteiger partial charge is 0.307 e. The molecule has 0 saturated carbocycles. The van der Waals surface area contributed by atoms with E-state index in [1.165, 1.54) is 0 Å². The molecule has 1 unspecified atom stereocenters. The Balaban J connectivity index is 1.35. The fourth-order valence-electron chi connectivity index (χ4n) is 3.64. The average molecular weight is 491 g/mol. The van der Waals surface area contributed by atoms with Crippen molar-refractivity contribution in [3.05, 3.63) is 41.0 Å². The molecule has 0 N–H and O–H groups in total. The first kappa shape index (κ1) is 26.4. The quantitative estimate of drug-likeness (QED) is 0.305. The fourth-order valence-corrected chi connectivity index (χ4v) is 4.53. The lowest BCUT2D eigenvalue weighted by molar-refractivity contribution is -0.155. The van der Waals surface area contributed by atoms with Gasteiger partial charge in [0.1, 0.15) is 11.4 Å². The molecule has 34 heavy (non-hydrogen) atoms. The summed E-state index contributed by atoms with van der Waals surface area (Å²) in [5.74, 6) is 0.681. The highest BCUT2D eigenvalue weighted by molar-refractivity contribution is 7.13. The molecule has 1 aliphatic rings. The zero-order valence-corrected chi connectivity index (χ0v) is 21.7. The van der Waals surface area contributed by atoms with Crippen molar-refractivity contribution >= 4 is 17.3 Å². The molecule has 8 heteroatoms. The molecule has 2 aromatic rings. The summed E-state index contributed by atoms with van der Waals surface area (Å²) >= 11 is 1.62. The van der Waals surface area contributed by atoms with E-state index < -0.39 is 5.60 Å². The number of hydrogen-bond acceptors (Lipinski definition) is 8. The number of aryl methyl sites for hydroxylation is 1. The van der Waals surface area contributed by atoms with Gasteiger partial charge in [0.15, 0.2) is 5.06 Å². The van der Waals surface area contributed by atoms with Crippen molar-refractivity contribution in [1.82, 2.24) is 9.88 Å². The van der Waals surface area contributed by atoms with Crippen LogP contribution in [0, 0.1) is 0 Å². The van der Waals surface area contributed by atoms with Crippen LogP contribution in [0.15, 0.2) is 30.5 Å². The molecule has 1 atom stereocenters. The summed E-state index contributed by atoms with van der Waals surface area (Å²) in [6.45, 7) is 11.9. The summed E-state index contributed by atoms with van der Waals surface area (Å²) in [4.78, 5) is 18.6. The Morgan fingerprint density at radius 1 is 1.21 bits per heavy atom. The van der Waals surface area contributed by atoms with Crippen LogP contribution in [-0.4, -0.2) is 60.9 Å². The summed E-state index contributed by atoms with van der Waals surface area (Å²) in [6.07, 6.45) is 5.10. The van der Waals surface area contributed by atoms with Crippen LogP contribution in [0.1, 0.15) is 63.6 Å². The molecular formula is C26H38N2O5S. The van der Waals surface area contributed by atoms with Gasteiger partial charge in [0.25, 0.3) is 0 Å². The lowest BCUT2D eigenvalue weighted by Crippen LogP contribution is -2.39. The van der Waals surface area contributed by atoms with Crippen LogP contribution in [0.5, 0.6) is 10.8 Å². The highest BCUT2D eigenvalue weighted by Gasteiger charge is 2.23. The highest BCUT2D eigenvalue weighted by Crippen LogP contribution is 2.25.